The van der Waals surface area contributed by atoms with Crippen LogP contribution in [-0.4, -0.2) is 13.9 Å². The Labute approximate surface area is 114 Å². The molecule has 6 heteroatoms. The van der Waals surface area contributed by atoms with Gasteiger partial charge in [0.25, 0.3) is 0 Å². The van der Waals surface area contributed by atoms with Crippen LogP contribution in [0.2, 0.25) is 5.02 Å². The average molecular weight is 286 g/mol. The van der Waals surface area contributed by atoms with Gasteiger partial charge in [0.1, 0.15) is 0 Å². The summed E-state index contributed by atoms with van der Waals surface area (Å²) in [5.41, 5.74) is 1.06. The Bertz CT molecular complexity index is 619. The minimum Gasteiger partial charge on any atom is -0.331 e. The zero-order chi connectivity index (χ0) is 11.0. The van der Waals surface area contributed by atoms with Crippen molar-refractivity contribution in [3.8, 4) is 0 Å². The number of fused-ring (bicyclic) bond motifs is 1. The van der Waals surface area contributed by atoms with E-state index in [1.807, 2.05) is 29.0 Å². The zero-order valence-electron chi connectivity index (χ0n) is 8.71. The summed E-state index contributed by atoms with van der Waals surface area (Å²) >= 11 is 7.42. The number of benzene rings is 1. The van der Waals surface area contributed by atoms with Crippen molar-refractivity contribution >= 4 is 45.6 Å². The molecule has 0 atom stereocenters. The third-order valence-corrected chi connectivity index (χ3v) is 3.48. The second-order valence-corrected chi connectivity index (χ2v) is 4.75. The molecule has 0 spiro atoms. The van der Waals surface area contributed by atoms with Crippen molar-refractivity contribution in [1.82, 2.24) is 13.9 Å². The highest BCUT2D eigenvalue weighted by molar-refractivity contribution is 7.13. The fourth-order valence-corrected chi connectivity index (χ4v) is 2.70. The lowest BCUT2D eigenvalue weighted by molar-refractivity contribution is 0.788. The van der Waals surface area contributed by atoms with E-state index >= 15 is 0 Å². The van der Waals surface area contributed by atoms with E-state index in [9.17, 15) is 0 Å². The molecule has 0 amide bonds. The van der Waals surface area contributed by atoms with Crippen molar-refractivity contribution in [3.05, 3.63) is 47.6 Å². The van der Waals surface area contributed by atoms with Crippen LogP contribution in [0.15, 0.2) is 36.9 Å². The number of nitrogens with zero attached hydrogens (tertiary/aromatic N) is 3. The second-order valence-electron chi connectivity index (χ2n) is 3.50. The van der Waals surface area contributed by atoms with Crippen LogP contribution in [0.5, 0.6) is 0 Å². The molecule has 0 aliphatic rings. The van der Waals surface area contributed by atoms with Gasteiger partial charge >= 0.3 is 0 Å². The SMILES string of the molecule is Cl.Clc1ccc2c(Cn3ccnc3)nsc2c1. The van der Waals surface area contributed by atoms with E-state index in [1.165, 1.54) is 16.9 Å². The van der Waals surface area contributed by atoms with Gasteiger partial charge in [0.15, 0.2) is 0 Å². The highest BCUT2D eigenvalue weighted by Crippen LogP contribution is 2.26. The second kappa shape index (κ2) is 5.04. The molecule has 0 radical (unpaired) electrons. The van der Waals surface area contributed by atoms with Gasteiger partial charge in [0.05, 0.1) is 23.3 Å². The van der Waals surface area contributed by atoms with Gasteiger partial charge in [-0.15, -0.1) is 12.4 Å². The first-order valence-corrected chi connectivity index (χ1v) is 5.97. The molecule has 3 rings (SSSR count). The molecule has 2 aromatic heterocycles. The molecule has 0 aliphatic carbocycles. The Balaban J connectivity index is 0.00000108. The lowest BCUT2D eigenvalue weighted by Crippen LogP contribution is -1.96. The third kappa shape index (κ3) is 2.44. The van der Waals surface area contributed by atoms with Gasteiger partial charge in [-0.1, -0.05) is 17.7 Å². The van der Waals surface area contributed by atoms with Gasteiger partial charge in [-0.05, 0) is 23.7 Å². The minimum absolute atomic E-state index is 0. The highest BCUT2D eigenvalue weighted by atomic mass is 35.5. The van der Waals surface area contributed by atoms with E-state index in [4.69, 9.17) is 11.6 Å². The maximum atomic E-state index is 5.93. The van der Waals surface area contributed by atoms with Crippen LogP contribution in [0.3, 0.4) is 0 Å². The monoisotopic (exact) mass is 285 g/mol. The lowest BCUT2D eigenvalue weighted by atomic mass is 10.2. The fraction of sp³-hybridized carbons (Fsp3) is 0.0909. The van der Waals surface area contributed by atoms with E-state index in [1.54, 1.807) is 12.5 Å². The summed E-state index contributed by atoms with van der Waals surface area (Å²) in [5, 5.41) is 1.92. The van der Waals surface area contributed by atoms with Gasteiger partial charge in [0.2, 0.25) is 0 Å². The summed E-state index contributed by atoms with van der Waals surface area (Å²) in [5.74, 6) is 0. The summed E-state index contributed by atoms with van der Waals surface area (Å²) in [6.07, 6.45) is 5.49. The van der Waals surface area contributed by atoms with Gasteiger partial charge in [-0.2, -0.15) is 4.37 Å². The number of imidazole rings is 1. The Morgan fingerprint density at radius 2 is 2.24 bits per heavy atom. The Hall–Kier alpha value is -1.10. The predicted octanol–water partition coefficient (Wildman–Crippen LogP) is 3.62. The molecule has 2 heterocycles. The maximum absolute atomic E-state index is 5.93. The summed E-state index contributed by atoms with van der Waals surface area (Å²) in [6.45, 7) is 0.752. The van der Waals surface area contributed by atoms with Crippen LogP contribution in [-0.2, 0) is 6.54 Å². The number of hydrogen-bond donors (Lipinski definition) is 0. The van der Waals surface area contributed by atoms with Gasteiger partial charge in [0, 0.05) is 22.8 Å². The van der Waals surface area contributed by atoms with Crippen molar-refractivity contribution in [3.63, 3.8) is 0 Å². The molecule has 0 bridgehead atoms. The fourth-order valence-electron chi connectivity index (χ4n) is 1.63. The third-order valence-electron chi connectivity index (χ3n) is 2.40. The predicted molar refractivity (Wildman–Crippen MR) is 73.2 cm³/mol. The first kappa shape index (κ1) is 12.4. The first-order valence-electron chi connectivity index (χ1n) is 4.82. The summed E-state index contributed by atoms with van der Waals surface area (Å²) in [4.78, 5) is 4.01. The van der Waals surface area contributed by atoms with Crippen molar-refractivity contribution in [1.29, 1.82) is 0 Å². The van der Waals surface area contributed by atoms with E-state index in [0.29, 0.717) is 0 Å². The molecule has 3 aromatic rings. The molecule has 0 N–H and O–H groups in total. The molecule has 3 nitrogen and oxygen atoms in total. The average Bonchev–Trinajstić information content (AvgIpc) is 2.89. The zero-order valence-corrected chi connectivity index (χ0v) is 11.1. The van der Waals surface area contributed by atoms with E-state index in [0.717, 1.165) is 22.0 Å². The van der Waals surface area contributed by atoms with Crippen molar-refractivity contribution in [2.75, 3.05) is 0 Å². The Morgan fingerprint density at radius 1 is 1.35 bits per heavy atom. The molecule has 17 heavy (non-hydrogen) atoms. The molecule has 0 saturated heterocycles. The number of rotatable bonds is 2. The molecule has 0 unspecified atom stereocenters. The van der Waals surface area contributed by atoms with Gasteiger partial charge in [-0.25, -0.2) is 4.98 Å². The van der Waals surface area contributed by atoms with E-state index in [-0.39, 0.29) is 12.4 Å². The minimum atomic E-state index is 0. The maximum Gasteiger partial charge on any atom is 0.0949 e. The highest BCUT2D eigenvalue weighted by Gasteiger charge is 2.06. The molecule has 0 saturated carbocycles. The van der Waals surface area contributed by atoms with Crippen LogP contribution < -0.4 is 0 Å². The molecule has 0 aliphatic heterocycles. The first-order chi connectivity index (χ1) is 7.83. The van der Waals surface area contributed by atoms with Crippen LogP contribution in [0.4, 0.5) is 0 Å². The molecule has 1 aromatic carbocycles. The van der Waals surface area contributed by atoms with Crippen LogP contribution in [0.25, 0.3) is 10.1 Å². The normalized spacial score (nSPS) is 10.4. The lowest BCUT2D eigenvalue weighted by Gasteiger charge is -1.98. The number of hydrogen-bond acceptors (Lipinski definition) is 3. The summed E-state index contributed by atoms with van der Waals surface area (Å²) < 4.78 is 7.58. The van der Waals surface area contributed by atoms with Crippen molar-refractivity contribution < 1.29 is 0 Å². The summed E-state index contributed by atoms with van der Waals surface area (Å²) in [6, 6.07) is 5.87. The molecule has 0 fully saturated rings. The Morgan fingerprint density at radius 3 is 3.00 bits per heavy atom. The van der Waals surface area contributed by atoms with Crippen molar-refractivity contribution in [2.45, 2.75) is 6.54 Å². The molecule has 88 valence electrons. The number of aromatic nitrogens is 3. The molecular formula is C11H9Cl2N3S. The van der Waals surface area contributed by atoms with E-state index in [2.05, 4.69) is 9.36 Å². The summed E-state index contributed by atoms with van der Waals surface area (Å²) in [7, 11) is 0. The number of halogens is 2. The van der Waals surface area contributed by atoms with Crippen molar-refractivity contribution in [2.24, 2.45) is 0 Å². The van der Waals surface area contributed by atoms with Crippen LogP contribution in [0, 0.1) is 0 Å². The van der Waals surface area contributed by atoms with Crippen LogP contribution in [0.1, 0.15) is 5.69 Å². The van der Waals surface area contributed by atoms with Crippen LogP contribution >= 0.6 is 35.5 Å². The topological polar surface area (TPSA) is 30.7 Å². The Kier molecular flexibility index (Phi) is 3.66. The largest absolute Gasteiger partial charge is 0.331 e. The molecular weight excluding hydrogens is 277 g/mol. The van der Waals surface area contributed by atoms with E-state index < -0.39 is 0 Å². The standard InChI is InChI=1S/C11H8ClN3S.ClH/c12-8-1-2-9-10(14-16-11(9)5-8)6-15-4-3-13-7-15;/h1-5,7H,6H2;1H. The van der Waals surface area contributed by atoms with Gasteiger partial charge in [-0.3, -0.25) is 0 Å². The smallest absolute Gasteiger partial charge is 0.0949 e. The van der Waals surface area contributed by atoms with Gasteiger partial charge < -0.3 is 4.57 Å². The quantitative estimate of drug-likeness (QED) is 0.720.